The van der Waals surface area contributed by atoms with E-state index < -0.39 is 17.0 Å². The minimum Gasteiger partial charge on any atom is -0.468 e. The maximum atomic E-state index is 11.1. The minimum atomic E-state index is -1.15. The first-order valence-corrected chi connectivity index (χ1v) is 4.72. The van der Waals surface area contributed by atoms with Crippen molar-refractivity contribution in [2.45, 2.75) is 6.42 Å². The molecule has 1 aliphatic heterocycles. The van der Waals surface area contributed by atoms with Gasteiger partial charge in [-0.3, -0.25) is 4.79 Å². The van der Waals surface area contributed by atoms with E-state index in [9.17, 15) is 9.00 Å². The van der Waals surface area contributed by atoms with Crippen molar-refractivity contribution in [3.63, 3.8) is 0 Å². The van der Waals surface area contributed by atoms with Crippen molar-refractivity contribution < 1.29 is 13.7 Å². The molecule has 1 rings (SSSR count). The van der Waals surface area contributed by atoms with Crippen LogP contribution in [0.15, 0.2) is 0 Å². The van der Waals surface area contributed by atoms with Crippen molar-refractivity contribution in [2.75, 3.05) is 26.0 Å². The fourth-order valence-corrected chi connectivity index (χ4v) is 1.91. The van der Waals surface area contributed by atoms with Crippen LogP contribution in [0, 0.1) is 0 Å². The Hall–Kier alpha value is -0.420. The lowest BCUT2D eigenvalue weighted by atomic mass is 10.3. The molecule has 0 aromatic carbocycles. The van der Waals surface area contributed by atoms with Crippen LogP contribution in [0.2, 0.25) is 0 Å². The highest BCUT2D eigenvalue weighted by Crippen LogP contribution is 2.08. The minimum absolute atomic E-state index is 0.00347. The Morgan fingerprint density at radius 2 is 2.27 bits per heavy atom. The monoisotopic (exact) mass is 177 g/mol. The molecule has 0 saturated carbocycles. The van der Waals surface area contributed by atoms with E-state index >= 15 is 0 Å². The topological polar surface area (TPSA) is 46.6 Å². The molecule has 1 saturated heterocycles. The van der Waals surface area contributed by atoms with Gasteiger partial charge in [-0.15, -0.1) is 0 Å². The second-order valence-electron chi connectivity index (χ2n) is 2.32. The quantitative estimate of drug-likeness (QED) is 0.547. The van der Waals surface area contributed by atoms with Gasteiger partial charge in [-0.2, -0.15) is 0 Å². The molecule has 0 bridgehead atoms. The Morgan fingerprint density at radius 1 is 1.64 bits per heavy atom. The molecule has 5 heteroatoms. The zero-order valence-corrected chi connectivity index (χ0v) is 7.23. The molecule has 0 aromatic rings. The van der Waals surface area contributed by atoms with Gasteiger partial charge in [-0.1, -0.05) is 0 Å². The molecule has 1 heterocycles. The van der Waals surface area contributed by atoms with Gasteiger partial charge in [0.2, 0.25) is 0 Å². The number of carbonyl (C=O) groups is 1. The van der Waals surface area contributed by atoms with Crippen LogP contribution in [-0.4, -0.2) is 40.4 Å². The van der Waals surface area contributed by atoms with E-state index in [-0.39, 0.29) is 5.75 Å². The molecule has 1 aliphatic rings. The number of esters is 1. The second-order valence-corrected chi connectivity index (χ2v) is 3.77. The van der Waals surface area contributed by atoms with Crippen molar-refractivity contribution in [1.29, 1.82) is 0 Å². The Bertz CT molecular complexity index is 179. The third-order valence-corrected chi connectivity index (χ3v) is 3.00. The van der Waals surface area contributed by atoms with Crippen molar-refractivity contribution >= 4 is 17.0 Å². The first-order valence-electron chi connectivity index (χ1n) is 3.44. The van der Waals surface area contributed by atoms with Gasteiger partial charge in [0.05, 0.1) is 7.11 Å². The highest BCUT2D eigenvalue weighted by molar-refractivity contribution is 7.83. The summed E-state index contributed by atoms with van der Waals surface area (Å²) in [6.45, 7) is 1.67. The van der Waals surface area contributed by atoms with Crippen LogP contribution in [0.5, 0.6) is 0 Å². The number of carbonyl (C=O) groups excluding carboxylic acids is 1. The lowest BCUT2D eigenvalue weighted by molar-refractivity contribution is -0.137. The van der Waals surface area contributed by atoms with Gasteiger partial charge in [0.25, 0.3) is 0 Å². The average molecular weight is 177 g/mol. The smallest absolute Gasteiger partial charge is 0.319 e. The summed E-state index contributed by atoms with van der Waals surface area (Å²) in [4.78, 5) is 10.6. The Labute approximate surface area is 68.1 Å². The van der Waals surface area contributed by atoms with Gasteiger partial charge in [0.15, 0.2) is 0 Å². The van der Waals surface area contributed by atoms with Gasteiger partial charge < -0.3 is 4.74 Å². The fourth-order valence-electron chi connectivity index (χ4n) is 0.742. The maximum Gasteiger partial charge on any atom is 0.319 e. The molecule has 0 aromatic heterocycles. The normalized spacial score (nSPS) is 20.5. The molecule has 0 N–H and O–H groups in total. The Balaban J connectivity index is 2.25. The van der Waals surface area contributed by atoms with Crippen LogP contribution in [0.3, 0.4) is 0 Å². The van der Waals surface area contributed by atoms with E-state index in [1.807, 2.05) is 0 Å². The summed E-state index contributed by atoms with van der Waals surface area (Å²) in [6.07, 6.45) is 1.08. The van der Waals surface area contributed by atoms with Gasteiger partial charge in [-0.05, 0) is 6.42 Å². The molecule has 0 amide bonds. The summed E-state index contributed by atoms with van der Waals surface area (Å²) in [5.41, 5.74) is 0. The summed E-state index contributed by atoms with van der Waals surface area (Å²) in [5.74, 6) is -0.411. The van der Waals surface area contributed by atoms with E-state index in [0.717, 1.165) is 19.5 Å². The number of hydrogen-bond acceptors (Lipinski definition) is 3. The summed E-state index contributed by atoms with van der Waals surface area (Å²) >= 11 is 0. The SMILES string of the molecule is COC(=O)CS(=O)N1CCC1. The number of rotatable bonds is 3. The molecular weight excluding hydrogens is 166 g/mol. The van der Waals surface area contributed by atoms with E-state index in [4.69, 9.17) is 0 Å². The van der Waals surface area contributed by atoms with Crippen LogP contribution in [0.25, 0.3) is 0 Å². The maximum absolute atomic E-state index is 11.1. The summed E-state index contributed by atoms with van der Waals surface area (Å²) in [5, 5.41) is 0. The highest BCUT2D eigenvalue weighted by atomic mass is 32.2. The highest BCUT2D eigenvalue weighted by Gasteiger charge is 2.22. The predicted octanol–water partition coefficient (Wildman–Crippen LogP) is -0.471. The molecule has 4 nitrogen and oxygen atoms in total. The molecule has 1 fully saturated rings. The molecule has 64 valence electrons. The predicted molar refractivity (Wildman–Crippen MR) is 41.2 cm³/mol. The molecule has 1 unspecified atom stereocenters. The number of ether oxygens (including phenoxy) is 1. The molecule has 11 heavy (non-hydrogen) atoms. The van der Waals surface area contributed by atoms with Gasteiger partial charge in [0, 0.05) is 13.1 Å². The van der Waals surface area contributed by atoms with Crippen molar-refractivity contribution in [3.05, 3.63) is 0 Å². The van der Waals surface area contributed by atoms with Crippen LogP contribution >= 0.6 is 0 Å². The average Bonchev–Trinajstić information content (AvgIpc) is 1.83. The van der Waals surface area contributed by atoms with Gasteiger partial charge >= 0.3 is 5.97 Å². The van der Waals surface area contributed by atoms with Crippen LogP contribution in [0.1, 0.15) is 6.42 Å². The molecular formula is C6H11NO3S. The van der Waals surface area contributed by atoms with E-state index in [0.29, 0.717) is 0 Å². The van der Waals surface area contributed by atoms with Crippen LogP contribution < -0.4 is 0 Å². The lowest BCUT2D eigenvalue weighted by Crippen LogP contribution is -2.40. The van der Waals surface area contributed by atoms with E-state index in [1.54, 1.807) is 4.31 Å². The van der Waals surface area contributed by atoms with E-state index in [2.05, 4.69) is 4.74 Å². The standard InChI is InChI=1S/C6H11NO3S/c1-10-6(8)5-11(9)7-3-2-4-7/h2-5H2,1H3. The third-order valence-electron chi connectivity index (χ3n) is 1.57. The first kappa shape index (κ1) is 8.67. The number of nitrogens with zero attached hydrogens (tertiary/aromatic N) is 1. The zero-order chi connectivity index (χ0) is 8.27. The fraction of sp³-hybridized carbons (Fsp3) is 0.833. The molecule has 0 spiro atoms. The van der Waals surface area contributed by atoms with Crippen molar-refractivity contribution in [3.8, 4) is 0 Å². The summed E-state index contributed by atoms with van der Waals surface area (Å²) in [6, 6.07) is 0. The summed E-state index contributed by atoms with van der Waals surface area (Å²) < 4.78 is 17.3. The molecule has 0 radical (unpaired) electrons. The van der Waals surface area contributed by atoms with Crippen molar-refractivity contribution in [1.82, 2.24) is 4.31 Å². The zero-order valence-electron chi connectivity index (χ0n) is 6.41. The summed E-state index contributed by atoms with van der Waals surface area (Å²) in [7, 11) is 0.152. The third kappa shape index (κ3) is 2.27. The second kappa shape index (κ2) is 3.82. The Morgan fingerprint density at radius 3 is 2.64 bits per heavy atom. The largest absolute Gasteiger partial charge is 0.468 e. The van der Waals surface area contributed by atoms with Crippen LogP contribution in [-0.2, 0) is 20.5 Å². The van der Waals surface area contributed by atoms with E-state index in [1.165, 1.54) is 7.11 Å². The number of methoxy groups -OCH3 is 1. The first-order chi connectivity index (χ1) is 5.24. The lowest BCUT2D eigenvalue weighted by Gasteiger charge is -2.28. The number of hydrogen-bond donors (Lipinski definition) is 0. The van der Waals surface area contributed by atoms with Gasteiger partial charge in [0.1, 0.15) is 16.7 Å². The molecule has 1 atom stereocenters. The Kier molecular flexibility index (Phi) is 3.02. The van der Waals surface area contributed by atoms with Crippen molar-refractivity contribution in [2.24, 2.45) is 0 Å². The molecule has 0 aliphatic carbocycles. The van der Waals surface area contributed by atoms with Crippen LogP contribution in [0.4, 0.5) is 0 Å². The van der Waals surface area contributed by atoms with Gasteiger partial charge in [-0.25, -0.2) is 8.51 Å².